The first-order valence-corrected chi connectivity index (χ1v) is 5.82. The van der Waals surface area contributed by atoms with Crippen LogP contribution in [-0.4, -0.2) is 18.1 Å². The molecule has 1 unspecified atom stereocenters. The summed E-state index contributed by atoms with van der Waals surface area (Å²) in [6.45, 7) is 3.02. The predicted molar refractivity (Wildman–Crippen MR) is 59.6 cm³/mol. The predicted octanol–water partition coefficient (Wildman–Crippen LogP) is 3.30. The third-order valence-electron chi connectivity index (χ3n) is 3.12. The molecule has 0 aromatic heterocycles. The fourth-order valence-corrected chi connectivity index (χ4v) is 2.37. The zero-order chi connectivity index (χ0) is 9.97. The smallest absolute Gasteiger partial charge is 0.0634 e. The van der Waals surface area contributed by atoms with Crippen LogP contribution in [-0.2, 0) is 4.74 Å². The highest BCUT2D eigenvalue weighted by atomic mass is 35.5. The molecule has 0 bridgehead atoms. The maximum absolute atomic E-state index is 6.18. The van der Waals surface area contributed by atoms with E-state index in [1.54, 1.807) is 0 Å². The van der Waals surface area contributed by atoms with Gasteiger partial charge in [0.1, 0.15) is 0 Å². The summed E-state index contributed by atoms with van der Waals surface area (Å²) in [6.07, 6.45) is 10.4. The Morgan fingerprint density at radius 1 is 1.64 bits per heavy atom. The van der Waals surface area contributed by atoms with Crippen LogP contribution in [0.2, 0.25) is 0 Å². The van der Waals surface area contributed by atoms with E-state index in [0.29, 0.717) is 12.0 Å². The molecular weight excluding hydrogens is 196 g/mol. The van der Waals surface area contributed by atoms with Crippen LogP contribution in [0.25, 0.3) is 0 Å². The van der Waals surface area contributed by atoms with Gasteiger partial charge in [-0.05, 0) is 32.1 Å². The summed E-state index contributed by atoms with van der Waals surface area (Å²) in [5, 5.41) is 0.228. The number of allylic oxidation sites excluding steroid dienone is 3. The molecule has 0 spiro atoms. The van der Waals surface area contributed by atoms with Gasteiger partial charge >= 0.3 is 0 Å². The van der Waals surface area contributed by atoms with Gasteiger partial charge in [0.15, 0.2) is 0 Å². The lowest BCUT2D eigenvalue weighted by atomic mass is 9.85. The quantitative estimate of drug-likeness (QED) is 0.653. The summed E-state index contributed by atoms with van der Waals surface area (Å²) in [5.74, 6) is 0.519. The molecule has 3 atom stereocenters. The fourth-order valence-electron chi connectivity index (χ4n) is 2.10. The first kappa shape index (κ1) is 10.3. The van der Waals surface area contributed by atoms with Crippen molar-refractivity contribution in [1.29, 1.82) is 0 Å². The third kappa shape index (κ3) is 2.21. The number of rotatable bonds is 3. The Kier molecular flexibility index (Phi) is 3.30. The van der Waals surface area contributed by atoms with Crippen molar-refractivity contribution in [3.8, 4) is 0 Å². The van der Waals surface area contributed by atoms with Crippen molar-refractivity contribution < 1.29 is 4.74 Å². The molecule has 2 heteroatoms. The van der Waals surface area contributed by atoms with Crippen LogP contribution in [0.3, 0.4) is 0 Å². The highest BCUT2D eigenvalue weighted by Gasteiger charge is 2.26. The molecule has 1 nitrogen and oxygen atoms in total. The van der Waals surface area contributed by atoms with Crippen LogP contribution >= 0.6 is 11.6 Å². The normalized spacial score (nSPS) is 33.4. The number of ether oxygens (including phenoxy) is 1. The summed E-state index contributed by atoms with van der Waals surface area (Å²) in [4.78, 5) is 0. The fraction of sp³-hybridized carbons (Fsp3) is 0.667. The molecule has 1 aliphatic carbocycles. The molecule has 78 valence electrons. The van der Waals surface area contributed by atoms with Gasteiger partial charge in [-0.3, -0.25) is 0 Å². The Labute approximate surface area is 90.8 Å². The SMILES string of the molecule is C[C@H](Cl)C1CC=CC=C1C[C@H]1CCO1. The molecule has 0 aromatic rings. The highest BCUT2D eigenvalue weighted by molar-refractivity contribution is 6.20. The van der Waals surface area contributed by atoms with Crippen LogP contribution in [0.5, 0.6) is 0 Å². The molecule has 14 heavy (non-hydrogen) atoms. The van der Waals surface area contributed by atoms with E-state index in [9.17, 15) is 0 Å². The van der Waals surface area contributed by atoms with E-state index in [0.717, 1.165) is 19.4 Å². The molecule has 1 fully saturated rings. The summed E-state index contributed by atoms with van der Waals surface area (Å²) in [5.41, 5.74) is 1.47. The minimum atomic E-state index is 0.228. The van der Waals surface area contributed by atoms with Gasteiger partial charge in [-0.25, -0.2) is 0 Å². The third-order valence-corrected chi connectivity index (χ3v) is 3.43. The van der Waals surface area contributed by atoms with Crippen molar-refractivity contribution in [2.45, 2.75) is 37.7 Å². The molecule has 0 saturated carbocycles. The molecule has 2 rings (SSSR count). The van der Waals surface area contributed by atoms with Gasteiger partial charge in [-0.2, -0.15) is 0 Å². The van der Waals surface area contributed by atoms with Crippen LogP contribution in [0.4, 0.5) is 0 Å². The minimum Gasteiger partial charge on any atom is -0.378 e. The number of hydrogen-bond donors (Lipinski definition) is 0. The molecule has 0 aromatic carbocycles. The topological polar surface area (TPSA) is 9.23 Å². The molecule has 0 radical (unpaired) electrons. The Morgan fingerprint density at radius 3 is 3.00 bits per heavy atom. The molecular formula is C12H17ClO. The molecule has 0 amide bonds. The number of halogens is 1. The lowest BCUT2D eigenvalue weighted by Gasteiger charge is -2.31. The average molecular weight is 213 g/mol. The Hall–Kier alpha value is -0.270. The van der Waals surface area contributed by atoms with E-state index in [1.807, 2.05) is 0 Å². The Morgan fingerprint density at radius 2 is 2.43 bits per heavy atom. The number of alkyl halides is 1. The summed E-state index contributed by atoms with van der Waals surface area (Å²) < 4.78 is 5.45. The first-order valence-electron chi connectivity index (χ1n) is 5.38. The monoisotopic (exact) mass is 212 g/mol. The van der Waals surface area contributed by atoms with E-state index in [-0.39, 0.29) is 5.38 Å². The Bertz CT molecular complexity index is 251. The van der Waals surface area contributed by atoms with Crippen molar-refractivity contribution in [3.63, 3.8) is 0 Å². The van der Waals surface area contributed by atoms with E-state index in [4.69, 9.17) is 16.3 Å². The molecule has 2 aliphatic rings. The van der Waals surface area contributed by atoms with Gasteiger partial charge in [-0.1, -0.05) is 23.8 Å². The van der Waals surface area contributed by atoms with Gasteiger partial charge in [0, 0.05) is 12.0 Å². The lowest BCUT2D eigenvalue weighted by molar-refractivity contribution is -0.0502. The summed E-state index contributed by atoms with van der Waals surface area (Å²) in [7, 11) is 0. The van der Waals surface area contributed by atoms with E-state index in [2.05, 4.69) is 25.2 Å². The van der Waals surface area contributed by atoms with Crippen LogP contribution in [0.1, 0.15) is 26.2 Å². The van der Waals surface area contributed by atoms with Gasteiger partial charge in [0.25, 0.3) is 0 Å². The standard InChI is InChI=1S/C12H17ClO/c1-9(13)12-5-3-2-4-10(12)8-11-6-7-14-11/h2-4,9,11-12H,5-8H2,1H3/t9-,11+,12?/m0/s1. The van der Waals surface area contributed by atoms with Crippen molar-refractivity contribution >= 4 is 11.6 Å². The van der Waals surface area contributed by atoms with Gasteiger partial charge in [0.05, 0.1) is 6.10 Å². The molecule has 1 heterocycles. The summed E-state index contributed by atoms with van der Waals surface area (Å²) >= 11 is 6.18. The van der Waals surface area contributed by atoms with E-state index in [1.165, 1.54) is 12.0 Å². The largest absolute Gasteiger partial charge is 0.378 e. The van der Waals surface area contributed by atoms with Crippen molar-refractivity contribution in [1.82, 2.24) is 0 Å². The van der Waals surface area contributed by atoms with E-state index >= 15 is 0 Å². The van der Waals surface area contributed by atoms with Crippen molar-refractivity contribution in [2.24, 2.45) is 5.92 Å². The second-order valence-corrected chi connectivity index (χ2v) is 4.86. The second-order valence-electron chi connectivity index (χ2n) is 4.18. The minimum absolute atomic E-state index is 0.228. The average Bonchev–Trinajstić information content (AvgIpc) is 2.12. The highest BCUT2D eigenvalue weighted by Crippen LogP contribution is 2.32. The zero-order valence-corrected chi connectivity index (χ0v) is 9.33. The first-order chi connectivity index (χ1) is 6.77. The van der Waals surface area contributed by atoms with Crippen molar-refractivity contribution in [2.75, 3.05) is 6.61 Å². The van der Waals surface area contributed by atoms with Crippen LogP contribution in [0, 0.1) is 5.92 Å². The zero-order valence-electron chi connectivity index (χ0n) is 8.58. The summed E-state index contributed by atoms with van der Waals surface area (Å²) in [6, 6.07) is 0. The maximum atomic E-state index is 6.18. The lowest BCUT2D eigenvalue weighted by Crippen LogP contribution is -2.29. The Balaban J connectivity index is 1.97. The van der Waals surface area contributed by atoms with Gasteiger partial charge < -0.3 is 4.74 Å². The molecule has 1 saturated heterocycles. The number of hydrogen-bond acceptors (Lipinski definition) is 1. The second kappa shape index (κ2) is 4.50. The van der Waals surface area contributed by atoms with E-state index < -0.39 is 0 Å². The maximum Gasteiger partial charge on any atom is 0.0634 e. The molecule has 1 aliphatic heterocycles. The van der Waals surface area contributed by atoms with Crippen LogP contribution < -0.4 is 0 Å². The van der Waals surface area contributed by atoms with Gasteiger partial charge in [-0.15, -0.1) is 11.6 Å². The van der Waals surface area contributed by atoms with Gasteiger partial charge in [0.2, 0.25) is 0 Å². The van der Waals surface area contributed by atoms with Crippen LogP contribution in [0.15, 0.2) is 23.8 Å². The molecule has 0 N–H and O–H groups in total. The van der Waals surface area contributed by atoms with Crippen molar-refractivity contribution in [3.05, 3.63) is 23.8 Å².